The average Bonchev–Trinajstić information content (AvgIpc) is 3.03. The van der Waals surface area contributed by atoms with Crippen molar-refractivity contribution in [3.05, 3.63) is 135 Å². The van der Waals surface area contributed by atoms with Crippen molar-refractivity contribution in [2.45, 2.75) is 19.5 Å². The van der Waals surface area contributed by atoms with Gasteiger partial charge in [0.25, 0.3) is 0 Å². The highest BCUT2D eigenvalue weighted by Gasteiger charge is 2.12. The molecule has 0 radical (unpaired) electrons. The average molecular weight is 524 g/mol. The fraction of sp³-hybridized carbons (Fsp3) is 0.118. The molecule has 0 spiro atoms. The van der Waals surface area contributed by atoms with Crippen LogP contribution in [0.3, 0.4) is 0 Å². The predicted octanol–water partition coefficient (Wildman–Crippen LogP) is 5.03. The van der Waals surface area contributed by atoms with E-state index in [2.05, 4.69) is 105 Å². The maximum atomic E-state index is 4.88. The van der Waals surface area contributed by atoms with E-state index in [0.717, 1.165) is 53.4 Å². The number of hydrogen-bond donors (Lipinski definition) is 0. The molecule has 0 saturated heterocycles. The zero-order valence-electron chi connectivity index (χ0n) is 22.5. The summed E-state index contributed by atoms with van der Waals surface area (Å²) < 4.78 is 6.53. The van der Waals surface area contributed by atoms with E-state index in [1.165, 1.54) is 11.1 Å². The third kappa shape index (κ3) is 5.97. The lowest BCUT2D eigenvalue weighted by Gasteiger charge is -2.09. The molecule has 6 aromatic heterocycles. The van der Waals surface area contributed by atoms with Crippen LogP contribution in [0.2, 0.25) is 0 Å². The van der Waals surface area contributed by atoms with Crippen LogP contribution >= 0.6 is 0 Å². The molecule has 0 amide bonds. The molecule has 194 valence electrons. The Bertz CT molecular complexity index is 1630. The van der Waals surface area contributed by atoms with E-state index in [-0.39, 0.29) is 0 Å². The summed E-state index contributed by atoms with van der Waals surface area (Å²) in [5.41, 5.74) is 8.04. The zero-order valence-corrected chi connectivity index (χ0v) is 22.5. The molecule has 6 aromatic rings. The largest absolute Gasteiger partial charge is 0.255 e. The van der Waals surface area contributed by atoms with E-state index < -0.39 is 0 Å². The summed E-state index contributed by atoms with van der Waals surface area (Å²) in [5, 5.41) is 0. The predicted molar refractivity (Wildman–Crippen MR) is 154 cm³/mol. The smallest absolute Gasteiger partial charge is 0.169 e. The monoisotopic (exact) mass is 523 g/mol. The van der Waals surface area contributed by atoms with Crippen LogP contribution in [0.15, 0.2) is 135 Å². The second-order valence-corrected chi connectivity index (χ2v) is 9.81. The highest BCUT2D eigenvalue weighted by molar-refractivity contribution is 5.74. The van der Waals surface area contributed by atoms with E-state index in [1.807, 2.05) is 48.0 Å². The van der Waals surface area contributed by atoms with Crippen LogP contribution in [0.5, 0.6) is 0 Å². The van der Waals surface area contributed by atoms with Crippen LogP contribution < -0.4 is 13.7 Å². The third-order valence-corrected chi connectivity index (χ3v) is 6.94. The summed E-state index contributed by atoms with van der Waals surface area (Å²) in [6, 6.07) is 29.0. The summed E-state index contributed by atoms with van der Waals surface area (Å²) >= 11 is 0. The quantitative estimate of drug-likeness (QED) is 0.263. The van der Waals surface area contributed by atoms with Gasteiger partial charge in [0, 0.05) is 48.8 Å². The van der Waals surface area contributed by atoms with Gasteiger partial charge in [0.05, 0.1) is 29.2 Å². The summed E-state index contributed by atoms with van der Waals surface area (Å²) in [4.78, 5) is 13.9. The van der Waals surface area contributed by atoms with Gasteiger partial charge in [0.15, 0.2) is 50.3 Å². The minimum Gasteiger partial charge on any atom is -0.255 e. The first-order valence-corrected chi connectivity index (χ1v) is 13.5. The van der Waals surface area contributed by atoms with Gasteiger partial charge in [0.2, 0.25) is 0 Å². The summed E-state index contributed by atoms with van der Waals surface area (Å²) in [5.74, 6) is 0. The van der Waals surface area contributed by atoms with Gasteiger partial charge in [-0.25, -0.2) is 18.7 Å². The second-order valence-electron chi connectivity index (χ2n) is 9.81. The molecule has 0 fully saturated rings. The molecular formula is C34H31N6+3. The van der Waals surface area contributed by atoms with E-state index in [4.69, 9.17) is 4.98 Å². The van der Waals surface area contributed by atoms with Crippen molar-refractivity contribution in [2.75, 3.05) is 0 Å². The number of aryl methyl sites for hydroxylation is 3. The van der Waals surface area contributed by atoms with Gasteiger partial charge in [-0.05, 0) is 58.7 Å². The minimum absolute atomic E-state index is 0.833. The Hall–Kier alpha value is -5.10. The van der Waals surface area contributed by atoms with Gasteiger partial charge in [-0.15, -0.1) is 0 Å². The molecule has 0 unspecified atom stereocenters. The highest BCUT2D eigenvalue weighted by atomic mass is 15.0. The van der Waals surface area contributed by atoms with E-state index in [0.29, 0.717) is 0 Å². The Morgan fingerprint density at radius 2 is 0.950 bits per heavy atom. The minimum atomic E-state index is 0.833. The molecule has 0 aliphatic heterocycles. The van der Waals surface area contributed by atoms with Crippen molar-refractivity contribution in [3.63, 3.8) is 0 Å². The summed E-state index contributed by atoms with van der Waals surface area (Å²) in [6.07, 6.45) is 17.4. The Labute approximate surface area is 234 Å². The maximum Gasteiger partial charge on any atom is 0.169 e. The molecule has 6 rings (SSSR count). The molecule has 6 heterocycles. The molecule has 6 nitrogen and oxygen atoms in total. The van der Waals surface area contributed by atoms with Crippen LogP contribution in [0.25, 0.3) is 45.0 Å². The topological polar surface area (TPSA) is 50.3 Å². The molecular weight excluding hydrogens is 492 g/mol. The number of rotatable bonds is 8. The lowest BCUT2D eigenvalue weighted by atomic mass is 10.0. The first-order chi connectivity index (χ1) is 19.7. The van der Waals surface area contributed by atoms with Gasteiger partial charge in [-0.1, -0.05) is 12.1 Å². The molecule has 0 aliphatic carbocycles. The third-order valence-electron chi connectivity index (χ3n) is 6.94. The number of nitrogens with zero attached hydrogens (tertiary/aromatic N) is 6. The van der Waals surface area contributed by atoms with E-state index >= 15 is 0 Å². The van der Waals surface area contributed by atoms with Gasteiger partial charge in [-0.2, -0.15) is 0 Å². The van der Waals surface area contributed by atoms with Crippen LogP contribution in [0.4, 0.5) is 0 Å². The molecule has 0 saturated carbocycles. The molecule has 6 heteroatoms. The normalized spacial score (nSPS) is 10.9. The molecule has 0 N–H and O–H groups in total. The SMILES string of the molecule is C[n+]1ccc(-c2cc[n+](CCC[n+]3ccc(-c4cc(-c5ccccn5)nc(-c5ccccn5)c4)cc3)cc2)cc1. The van der Waals surface area contributed by atoms with Gasteiger partial charge in [-0.3, -0.25) is 9.97 Å². The summed E-state index contributed by atoms with van der Waals surface area (Å²) in [7, 11) is 2.03. The number of pyridine rings is 6. The lowest BCUT2D eigenvalue weighted by molar-refractivity contribution is -0.726. The molecule has 40 heavy (non-hydrogen) atoms. The molecule has 0 atom stereocenters. The van der Waals surface area contributed by atoms with Crippen molar-refractivity contribution in [1.29, 1.82) is 0 Å². The lowest BCUT2D eigenvalue weighted by Crippen LogP contribution is -2.38. The van der Waals surface area contributed by atoms with E-state index in [9.17, 15) is 0 Å². The number of hydrogen-bond acceptors (Lipinski definition) is 3. The van der Waals surface area contributed by atoms with Crippen molar-refractivity contribution < 1.29 is 13.7 Å². The van der Waals surface area contributed by atoms with Crippen LogP contribution in [-0.2, 0) is 20.1 Å². The first-order valence-electron chi connectivity index (χ1n) is 13.5. The van der Waals surface area contributed by atoms with Crippen molar-refractivity contribution in [1.82, 2.24) is 15.0 Å². The fourth-order valence-corrected chi connectivity index (χ4v) is 4.72. The van der Waals surface area contributed by atoms with Gasteiger partial charge >= 0.3 is 0 Å². The highest BCUT2D eigenvalue weighted by Crippen LogP contribution is 2.28. The van der Waals surface area contributed by atoms with Crippen LogP contribution in [0, 0.1) is 0 Å². The van der Waals surface area contributed by atoms with Crippen molar-refractivity contribution >= 4 is 0 Å². The Morgan fingerprint density at radius 1 is 0.500 bits per heavy atom. The van der Waals surface area contributed by atoms with E-state index in [1.54, 1.807) is 12.4 Å². The fourth-order valence-electron chi connectivity index (χ4n) is 4.72. The number of aromatic nitrogens is 6. The Balaban J connectivity index is 1.15. The zero-order chi connectivity index (χ0) is 27.1. The second kappa shape index (κ2) is 11.7. The Kier molecular flexibility index (Phi) is 7.40. The maximum absolute atomic E-state index is 4.88. The van der Waals surface area contributed by atoms with Crippen molar-refractivity contribution in [2.24, 2.45) is 7.05 Å². The molecule has 0 bridgehead atoms. The Morgan fingerprint density at radius 3 is 1.40 bits per heavy atom. The van der Waals surface area contributed by atoms with Crippen LogP contribution in [0.1, 0.15) is 6.42 Å². The molecule has 0 aliphatic rings. The van der Waals surface area contributed by atoms with Crippen molar-refractivity contribution in [3.8, 4) is 45.0 Å². The standard InChI is InChI=1S/C34H31N6/c1-38-19-9-27(10-20-38)28-11-21-39(22-12-28)17-6-18-40-23-13-29(14-24-40)30-25-33(31-7-2-4-15-35-31)37-34(26-30)32-8-3-5-16-36-32/h2-5,7-16,19-26H,6,17-18H2,1H3/q+3. The van der Waals surface area contributed by atoms with Gasteiger partial charge in [0.1, 0.15) is 7.05 Å². The first kappa shape index (κ1) is 25.2. The van der Waals surface area contributed by atoms with Crippen LogP contribution in [-0.4, -0.2) is 15.0 Å². The molecule has 0 aromatic carbocycles. The summed E-state index contributed by atoms with van der Waals surface area (Å²) in [6.45, 7) is 1.91. The van der Waals surface area contributed by atoms with Gasteiger partial charge < -0.3 is 0 Å².